The summed E-state index contributed by atoms with van der Waals surface area (Å²) in [6.07, 6.45) is 41.3. The van der Waals surface area contributed by atoms with E-state index < -0.39 is 0 Å². The van der Waals surface area contributed by atoms with Crippen molar-refractivity contribution in [3.63, 3.8) is 0 Å². The summed E-state index contributed by atoms with van der Waals surface area (Å²) in [4.78, 5) is 92.1. The SMILES string of the molecule is Cc1ccc(C#Cc2ccn3c(=O)c4c(nc3c2)CCCCC4)cc1.Cc1ccc(C#Cc2ccn3c(=O)c4c(nc3c2)CCCCCC4)cc1.O=c1c2c(nc3cc(C#Cc4ccccc4)ccn13)CCCCCC2.O=c1c2c(nc3cc(C#Cc4ccccc4)ccn13)CCCCCC2.O=c1c2c(nc3cc(C#Cc4ccccn4)ccn13)CCCCCC2. The summed E-state index contributed by atoms with van der Waals surface area (Å²) >= 11 is 0. The van der Waals surface area contributed by atoms with Crippen LogP contribution in [0.5, 0.6) is 0 Å². The molecule has 16 nitrogen and oxygen atoms in total. The second-order valence-electron chi connectivity index (χ2n) is 33.1. The molecule has 0 spiro atoms. The molecule has 0 saturated heterocycles. The van der Waals surface area contributed by atoms with E-state index >= 15 is 0 Å². The van der Waals surface area contributed by atoms with Crippen molar-refractivity contribution in [2.75, 3.05) is 0 Å². The van der Waals surface area contributed by atoms with Crippen molar-refractivity contribution in [1.29, 1.82) is 0 Å². The highest BCUT2D eigenvalue weighted by Gasteiger charge is 2.21. The quantitative estimate of drug-likeness (QED) is 0.104. The number of hydrogen-bond acceptors (Lipinski definition) is 11. The molecular weight excluding hydrogens is 1560 g/mol. The van der Waals surface area contributed by atoms with Gasteiger partial charge in [0.25, 0.3) is 27.8 Å². The van der Waals surface area contributed by atoms with Crippen molar-refractivity contribution in [3.05, 3.63) is 400 Å². The lowest BCUT2D eigenvalue weighted by molar-refractivity contribution is 0.603. The first-order chi connectivity index (χ1) is 61.8. The topological polar surface area (TPSA) is 185 Å². The lowest BCUT2D eigenvalue weighted by atomic mass is 9.98. The number of aryl methyl sites for hydroxylation is 7. The first kappa shape index (κ1) is 85.2. The van der Waals surface area contributed by atoms with Gasteiger partial charge in [0.15, 0.2) is 0 Å². The van der Waals surface area contributed by atoms with Gasteiger partial charge in [0, 0.05) is 115 Å². The summed E-state index contributed by atoms with van der Waals surface area (Å²) in [5.74, 6) is 31.5. The third-order valence-electron chi connectivity index (χ3n) is 23.8. The molecule has 0 saturated carbocycles. The maximum absolute atomic E-state index is 12.8. The van der Waals surface area contributed by atoms with Crippen LogP contribution in [0.2, 0.25) is 0 Å². The molecule has 5 aliphatic carbocycles. The number of aromatic nitrogens is 11. The Bertz CT molecular complexity index is 6790. The van der Waals surface area contributed by atoms with Gasteiger partial charge in [-0.2, -0.15) is 0 Å². The van der Waals surface area contributed by atoms with Crippen LogP contribution in [0.1, 0.15) is 245 Å². The van der Waals surface area contributed by atoms with Crippen molar-refractivity contribution in [2.45, 2.75) is 200 Å². The van der Waals surface area contributed by atoms with Crippen LogP contribution in [0.15, 0.2) is 249 Å². The molecule has 0 radical (unpaired) electrons. The standard InChI is InChI=1S/C23H22N2O.3C22H20N2O.C21H19N3O/c1-17-8-10-18(11-9-17)12-13-19-14-15-25-22(16-19)24-21-7-5-3-2-4-6-20(21)23(25)26;1-16-7-9-17(10-8-16)11-12-18-13-14-24-21(15-18)23-20-6-4-2-3-5-19(20)22(24)25;2*25-22-19-10-6-1-2-7-11-20(19)23-21-16-18(14-15-24(21)22)13-12-17-8-4-3-5-9-17;25-21-18-8-3-1-2-4-9-19(18)23-20-15-16(12-14-24(20)21)10-11-17-7-5-6-13-22-17/h8-11,14-16H,2-7H2,1H3;7-10,13-15H,2-6H2,1H3;2*3-5,8-9,14-16H,1-2,6-7,10-11H2;5-7,12-15H,1-4,8-9H2. The summed E-state index contributed by atoms with van der Waals surface area (Å²) in [7, 11) is 0. The average molecular weight is 1660 g/mol. The molecule has 0 N–H and O–H groups in total. The molecule has 11 heterocycles. The Morgan fingerprint density at radius 2 is 0.444 bits per heavy atom. The Balaban J connectivity index is 0.000000116. The Morgan fingerprint density at radius 3 is 0.698 bits per heavy atom. The van der Waals surface area contributed by atoms with Gasteiger partial charge in [-0.1, -0.05) is 189 Å². The van der Waals surface area contributed by atoms with Crippen LogP contribution < -0.4 is 27.8 Å². The zero-order chi connectivity index (χ0) is 86.3. The zero-order valence-corrected chi connectivity index (χ0v) is 71.8. The fourth-order valence-corrected chi connectivity index (χ4v) is 16.8. The van der Waals surface area contributed by atoms with Crippen molar-refractivity contribution in [2.24, 2.45) is 0 Å². The maximum atomic E-state index is 12.8. The molecule has 20 rings (SSSR count). The molecule has 0 fully saturated rings. The molecular formula is C110H101N11O5. The van der Waals surface area contributed by atoms with Crippen LogP contribution in [-0.4, -0.2) is 51.9 Å². The van der Waals surface area contributed by atoms with E-state index in [1.165, 1.54) is 68.9 Å². The number of fused-ring (bicyclic) bond motifs is 10. The van der Waals surface area contributed by atoms with Gasteiger partial charge >= 0.3 is 0 Å². The van der Waals surface area contributed by atoms with E-state index in [-0.39, 0.29) is 27.8 Å². The zero-order valence-electron chi connectivity index (χ0n) is 71.8. The second-order valence-corrected chi connectivity index (χ2v) is 33.1. The van der Waals surface area contributed by atoms with Crippen LogP contribution in [-0.2, 0) is 64.2 Å². The van der Waals surface area contributed by atoms with Crippen LogP contribution in [0, 0.1) is 73.1 Å². The van der Waals surface area contributed by atoms with Crippen LogP contribution in [0.25, 0.3) is 28.2 Å². The Labute approximate surface area is 735 Å². The summed E-state index contributed by atoms with van der Waals surface area (Å²) in [5.41, 5.74) is 24.7. The van der Waals surface area contributed by atoms with Gasteiger partial charge in [-0.05, 0) is 270 Å². The first-order valence-electron chi connectivity index (χ1n) is 44.8. The second kappa shape index (κ2) is 41.7. The van der Waals surface area contributed by atoms with Gasteiger partial charge in [-0.25, -0.2) is 29.9 Å². The van der Waals surface area contributed by atoms with Gasteiger partial charge in [0.2, 0.25) is 0 Å². The number of nitrogens with zero attached hydrogens (tertiary/aromatic N) is 11. The third-order valence-corrected chi connectivity index (χ3v) is 23.8. The van der Waals surface area contributed by atoms with Gasteiger partial charge in [-0.3, -0.25) is 46.0 Å². The minimum absolute atomic E-state index is 0.0751. The van der Waals surface area contributed by atoms with Crippen LogP contribution in [0.3, 0.4) is 0 Å². The van der Waals surface area contributed by atoms with Crippen LogP contribution >= 0.6 is 0 Å². The first-order valence-corrected chi connectivity index (χ1v) is 44.8. The number of pyridine rings is 6. The maximum Gasteiger partial charge on any atom is 0.261 e. The van der Waals surface area contributed by atoms with Gasteiger partial charge in [0.1, 0.15) is 33.9 Å². The molecule has 0 bridgehead atoms. The third kappa shape index (κ3) is 21.8. The number of benzene rings is 4. The molecule has 0 amide bonds. The molecule has 626 valence electrons. The van der Waals surface area contributed by atoms with E-state index in [0.717, 1.165) is 240 Å². The van der Waals surface area contributed by atoms with Gasteiger partial charge in [-0.15, -0.1) is 0 Å². The molecule has 11 aromatic heterocycles. The highest BCUT2D eigenvalue weighted by atomic mass is 16.1. The lowest BCUT2D eigenvalue weighted by Crippen LogP contribution is -2.23. The smallest absolute Gasteiger partial charge is 0.261 e. The minimum Gasteiger partial charge on any atom is -0.269 e. The highest BCUT2D eigenvalue weighted by molar-refractivity contribution is 5.57. The summed E-state index contributed by atoms with van der Waals surface area (Å²) < 4.78 is 8.29. The average Bonchev–Trinajstić information content (AvgIpc) is 1.00. The fourth-order valence-electron chi connectivity index (χ4n) is 16.8. The molecule has 126 heavy (non-hydrogen) atoms. The monoisotopic (exact) mass is 1660 g/mol. The fraction of sp³-hybridized carbons (Fsp3) is 0.282. The predicted octanol–water partition coefficient (Wildman–Crippen LogP) is 18.4. The number of hydrogen-bond donors (Lipinski definition) is 0. The lowest BCUT2D eigenvalue weighted by Gasteiger charge is -2.13. The predicted molar refractivity (Wildman–Crippen MR) is 501 cm³/mol. The van der Waals surface area contributed by atoms with E-state index in [0.29, 0.717) is 28.2 Å². The van der Waals surface area contributed by atoms with Crippen LogP contribution in [0.4, 0.5) is 0 Å². The Hall–Kier alpha value is -14.4. The van der Waals surface area contributed by atoms with Crippen molar-refractivity contribution < 1.29 is 0 Å². The normalized spacial score (nSPS) is 14.0. The van der Waals surface area contributed by atoms with E-state index in [2.05, 4.69) is 102 Å². The molecule has 5 aliphatic rings. The van der Waals surface area contributed by atoms with Gasteiger partial charge in [0.05, 0.1) is 28.5 Å². The van der Waals surface area contributed by atoms with Gasteiger partial charge < -0.3 is 0 Å². The van der Waals surface area contributed by atoms with E-state index in [1.54, 1.807) is 53.0 Å². The highest BCUT2D eigenvalue weighted by Crippen LogP contribution is 2.24. The van der Waals surface area contributed by atoms with E-state index in [1.807, 2.05) is 170 Å². The van der Waals surface area contributed by atoms with Crippen molar-refractivity contribution >= 4 is 28.2 Å². The summed E-state index contributed by atoms with van der Waals surface area (Å²) in [5, 5.41) is 0. The van der Waals surface area contributed by atoms with E-state index in [9.17, 15) is 24.0 Å². The summed E-state index contributed by atoms with van der Waals surface area (Å²) in [6, 6.07) is 60.7. The molecule has 4 aromatic carbocycles. The minimum atomic E-state index is 0.0751. The molecule has 0 aliphatic heterocycles. The molecule has 0 unspecified atom stereocenters. The number of rotatable bonds is 0. The molecule has 16 heteroatoms. The van der Waals surface area contributed by atoms with Crippen molar-refractivity contribution in [3.8, 4) is 59.2 Å². The summed E-state index contributed by atoms with van der Waals surface area (Å²) in [6.45, 7) is 4.13. The Morgan fingerprint density at radius 1 is 0.222 bits per heavy atom. The largest absolute Gasteiger partial charge is 0.269 e. The molecule has 15 aromatic rings. The van der Waals surface area contributed by atoms with E-state index in [4.69, 9.17) is 24.9 Å². The molecule has 0 atom stereocenters. The Kier molecular flexibility index (Phi) is 28.2. The van der Waals surface area contributed by atoms with Crippen molar-refractivity contribution in [1.82, 2.24) is 51.9 Å².